The van der Waals surface area contributed by atoms with Crippen LogP contribution < -0.4 is 5.32 Å². The summed E-state index contributed by atoms with van der Waals surface area (Å²) in [6, 6.07) is 9.44. The first-order chi connectivity index (χ1) is 15.2. The van der Waals surface area contributed by atoms with E-state index in [1.807, 2.05) is 25.1 Å². The monoisotopic (exact) mass is 502 g/mol. The quantitative estimate of drug-likeness (QED) is 0.405. The lowest BCUT2D eigenvalue weighted by molar-refractivity contribution is -0.116. The van der Waals surface area contributed by atoms with Crippen LogP contribution in [0.25, 0.3) is 11.0 Å². The van der Waals surface area contributed by atoms with Crippen LogP contribution in [-0.4, -0.2) is 30.5 Å². The van der Waals surface area contributed by atoms with Gasteiger partial charge in [-0.25, -0.2) is 18.4 Å². The van der Waals surface area contributed by atoms with Crippen molar-refractivity contribution in [3.63, 3.8) is 0 Å². The minimum absolute atomic E-state index is 0.130. The number of aryl methyl sites for hydroxylation is 3. The highest BCUT2D eigenvalue weighted by Crippen LogP contribution is 2.30. The number of carbonyl (C=O) groups is 1. The largest absolute Gasteiger partial charge is 0.307 e. The van der Waals surface area contributed by atoms with Crippen LogP contribution in [-0.2, 0) is 17.9 Å². The summed E-state index contributed by atoms with van der Waals surface area (Å²) in [5, 5.41) is 11.7. The van der Waals surface area contributed by atoms with Gasteiger partial charge in [-0.15, -0.1) is 0 Å². The Bertz CT molecular complexity index is 1310. The number of hydrogen-bond acceptors (Lipinski definition) is 4. The average molecular weight is 503 g/mol. The molecule has 1 amide bonds. The first kappa shape index (κ1) is 22.1. The topological polar surface area (TPSA) is 77.6 Å². The Morgan fingerprint density at radius 2 is 1.97 bits per heavy atom. The van der Waals surface area contributed by atoms with Crippen LogP contribution in [0.4, 0.5) is 14.6 Å². The predicted molar refractivity (Wildman–Crippen MR) is 121 cm³/mol. The number of halogens is 3. The van der Waals surface area contributed by atoms with Crippen molar-refractivity contribution >= 4 is 38.7 Å². The summed E-state index contributed by atoms with van der Waals surface area (Å²) in [7, 11) is 0. The molecular formula is C22H21BrF2N6O. The fourth-order valence-electron chi connectivity index (χ4n) is 3.67. The van der Waals surface area contributed by atoms with Gasteiger partial charge >= 0.3 is 0 Å². The molecular weight excluding hydrogens is 482 g/mol. The number of rotatable bonds is 6. The zero-order valence-corrected chi connectivity index (χ0v) is 19.3. The van der Waals surface area contributed by atoms with Crippen LogP contribution in [0.15, 0.2) is 41.0 Å². The van der Waals surface area contributed by atoms with Gasteiger partial charge in [-0.3, -0.25) is 9.48 Å². The summed E-state index contributed by atoms with van der Waals surface area (Å²) in [6.07, 6.45) is -0.872. The molecule has 0 unspecified atom stereocenters. The third-order valence-corrected chi connectivity index (χ3v) is 5.55. The molecule has 0 aliphatic heterocycles. The molecule has 10 heteroatoms. The minimum atomic E-state index is -2.65. The van der Waals surface area contributed by atoms with E-state index in [4.69, 9.17) is 0 Å². The van der Waals surface area contributed by atoms with Crippen molar-refractivity contribution in [3.05, 3.63) is 69.1 Å². The van der Waals surface area contributed by atoms with E-state index in [0.29, 0.717) is 28.2 Å². The summed E-state index contributed by atoms with van der Waals surface area (Å²) < 4.78 is 30.7. The number of aromatic nitrogens is 5. The van der Waals surface area contributed by atoms with E-state index in [1.54, 1.807) is 24.7 Å². The number of hydrogen-bond donors (Lipinski definition) is 1. The van der Waals surface area contributed by atoms with E-state index in [1.165, 1.54) is 10.7 Å². The Labute approximate surface area is 191 Å². The predicted octanol–water partition coefficient (Wildman–Crippen LogP) is 4.94. The van der Waals surface area contributed by atoms with E-state index in [9.17, 15) is 13.6 Å². The highest BCUT2D eigenvalue weighted by Gasteiger charge is 2.21. The molecule has 4 aromatic rings. The van der Waals surface area contributed by atoms with E-state index in [0.717, 1.165) is 11.1 Å². The maximum Gasteiger partial charge on any atom is 0.264 e. The Morgan fingerprint density at radius 3 is 2.69 bits per heavy atom. The van der Waals surface area contributed by atoms with Crippen molar-refractivity contribution in [1.29, 1.82) is 0 Å². The number of alkyl halides is 2. The van der Waals surface area contributed by atoms with Crippen molar-refractivity contribution in [2.75, 3.05) is 5.32 Å². The molecule has 3 heterocycles. The Hall–Kier alpha value is -3.14. The van der Waals surface area contributed by atoms with Gasteiger partial charge in [-0.2, -0.15) is 10.2 Å². The normalized spacial score (nSPS) is 11.5. The number of benzene rings is 1. The SMILES string of the molecule is Cc1cccc(Cn2cc(Br)c(NC(=O)Cn3nc(C)c4c(C(F)F)cc(C)nc43)n2)c1. The molecule has 7 nitrogen and oxygen atoms in total. The molecule has 0 saturated heterocycles. The van der Waals surface area contributed by atoms with Crippen LogP contribution >= 0.6 is 15.9 Å². The number of nitrogens with one attached hydrogen (secondary N) is 1. The molecule has 1 aromatic carbocycles. The van der Waals surface area contributed by atoms with Crippen LogP contribution in [0.5, 0.6) is 0 Å². The van der Waals surface area contributed by atoms with E-state index >= 15 is 0 Å². The Balaban J connectivity index is 1.53. The van der Waals surface area contributed by atoms with Crippen LogP contribution in [0, 0.1) is 20.8 Å². The first-order valence-corrected chi connectivity index (χ1v) is 10.7. The van der Waals surface area contributed by atoms with Gasteiger partial charge in [0.1, 0.15) is 6.54 Å². The number of pyridine rings is 1. The summed E-state index contributed by atoms with van der Waals surface area (Å²) in [5.41, 5.74) is 3.22. The first-order valence-electron chi connectivity index (χ1n) is 9.92. The molecule has 1 N–H and O–H groups in total. The molecule has 32 heavy (non-hydrogen) atoms. The molecule has 0 radical (unpaired) electrons. The third-order valence-electron chi connectivity index (χ3n) is 4.97. The number of fused-ring (bicyclic) bond motifs is 1. The molecule has 0 saturated carbocycles. The summed E-state index contributed by atoms with van der Waals surface area (Å²) in [6.45, 7) is 5.66. The van der Waals surface area contributed by atoms with Crippen molar-refractivity contribution in [2.24, 2.45) is 0 Å². The van der Waals surface area contributed by atoms with Crippen LogP contribution in [0.1, 0.15) is 34.5 Å². The van der Waals surface area contributed by atoms with Crippen molar-refractivity contribution in [1.82, 2.24) is 24.5 Å². The molecule has 0 aliphatic carbocycles. The van der Waals surface area contributed by atoms with Crippen LogP contribution in [0.3, 0.4) is 0 Å². The van der Waals surface area contributed by atoms with Gasteiger partial charge in [-0.1, -0.05) is 29.8 Å². The number of anilines is 1. The molecule has 0 aliphatic rings. The second-order valence-electron chi connectivity index (χ2n) is 7.66. The Morgan fingerprint density at radius 1 is 1.19 bits per heavy atom. The van der Waals surface area contributed by atoms with Gasteiger partial charge in [0, 0.05) is 17.5 Å². The third kappa shape index (κ3) is 4.55. The van der Waals surface area contributed by atoms with Crippen molar-refractivity contribution in [3.8, 4) is 0 Å². The van der Waals surface area contributed by atoms with Gasteiger partial charge in [0.15, 0.2) is 11.5 Å². The number of nitrogens with zero attached hydrogens (tertiary/aromatic N) is 5. The van der Waals surface area contributed by atoms with E-state index in [-0.39, 0.29) is 23.1 Å². The van der Waals surface area contributed by atoms with Crippen molar-refractivity contribution in [2.45, 2.75) is 40.3 Å². The summed E-state index contributed by atoms with van der Waals surface area (Å²) in [5.74, 6) is -0.0222. The second kappa shape index (κ2) is 8.78. The zero-order valence-electron chi connectivity index (χ0n) is 17.7. The van der Waals surface area contributed by atoms with E-state index < -0.39 is 12.3 Å². The lowest BCUT2D eigenvalue weighted by Gasteiger charge is -2.07. The lowest BCUT2D eigenvalue weighted by atomic mass is 10.1. The van der Waals surface area contributed by atoms with E-state index in [2.05, 4.69) is 42.5 Å². The molecule has 0 atom stereocenters. The zero-order chi connectivity index (χ0) is 23.0. The maximum absolute atomic E-state index is 13.5. The smallest absolute Gasteiger partial charge is 0.264 e. The highest BCUT2D eigenvalue weighted by atomic mass is 79.9. The fourth-order valence-corrected chi connectivity index (χ4v) is 4.08. The van der Waals surface area contributed by atoms with Gasteiger partial charge in [0.05, 0.1) is 22.1 Å². The molecule has 0 bridgehead atoms. The number of carbonyl (C=O) groups excluding carboxylic acids is 1. The minimum Gasteiger partial charge on any atom is -0.307 e. The van der Waals surface area contributed by atoms with Gasteiger partial charge < -0.3 is 5.32 Å². The standard InChI is InChI=1S/C22H21BrF2N6O/c1-12-5-4-6-15(7-12)9-30-10-17(23)21(29-30)27-18(32)11-31-22-19(14(3)28-31)16(20(24)25)8-13(2)26-22/h4-8,10,20H,9,11H2,1-3H3,(H,27,29,32). The average Bonchev–Trinajstić information content (AvgIpc) is 3.20. The Kier molecular flexibility index (Phi) is 6.05. The molecule has 166 valence electrons. The molecule has 0 spiro atoms. The molecule has 3 aromatic heterocycles. The summed E-state index contributed by atoms with van der Waals surface area (Å²) in [4.78, 5) is 17.0. The van der Waals surface area contributed by atoms with Crippen LogP contribution in [0.2, 0.25) is 0 Å². The highest BCUT2D eigenvalue weighted by molar-refractivity contribution is 9.10. The maximum atomic E-state index is 13.5. The van der Waals surface area contributed by atoms with Crippen molar-refractivity contribution < 1.29 is 13.6 Å². The van der Waals surface area contributed by atoms with Gasteiger partial charge in [0.25, 0.3) is 6.43 Å². The van der Waals surface area contributed by atoms with Gasteiger partial charge in [0.2, 0.25) is 5.91 Å². The molecule has 4 rings (SSSR count). The fraction of sp³-hybridized carbons (Fsp3) is 0.273. The summed E-state index contributed by atoms with van der Waals surface area (Å²) >= 11 is 3.42. The molecule has 0 fully saturated rings. The number of amides is 1. The lowest BCUT2D eigenvalue weighted by Crippen LogP contribution is -2.20. The second-order valence-corrected chi connectivity index (χ2v) is 8.51. The van der Waals surface area contributed by atoms with Gasteiger partial charge in [-0.05, 0) is 48.3 Å².